The zero-order valence-electron chi connectivity index (χ0n) is 78.6. The Hall–Kier alpha value is -17.0. The molecule has 4 atom stereocenters. The van der Waals surface area contributed by atoms with Gasteiger partial charge in [0.15, 0.2) is 0 Å². The van der Waals surface area contributed by atoms with E-state index in [1.54, 1.807) is 0 Å². The summed E-state index contributed by atoms with van der Waals surface area (Å²) in [6.45, 7) is 0. The summed E-state index contributed by atoms with van der Waals surface area (Å²) in [5.41, 5.74) is 20.4. The van der Waals surface area contributed by atoms with Crippen LogP contribution in [0.4, 0.5) is 0 Å². The molecule has 0 nitrogen and oxygen atoms in total. The van der Waals surface area contributed by atoms with Crippen LogP contribution in [0.15, 0.2) is 534 Å². The molecule has 0 aliphatic heterocycles. The standard InChI is InChI=1S/2C70H44P2/c1-4-22-45(23-5-1)66-52-30-10-12-32-54(52)67(55-33-13-11-31-53(55)66)68-56-36-18-34-48(58-38-20-40-60-50-28-14-16-42-64(50)71(69(58)60)46-24-6-2-7-25-46)62(56)44-63-49(35-19-37-57(63)68)59-39-21-41-61-51-29-15-17-43-65(51)72(70(59)61)47-26-8-3-9-27-47;1-4-22-45(23-5-1)66-52-28-10-12-30-54(52)69(55-31-13-11-29-53(55)66)70-56-36-18-34-48(50-38-20-42-64-67(50)58-32-14-16-40-62(58)71(64)46-24-6-2-7-25-46)60(56)44-61-49(35-19-37-57(61)70)51-39-21-43-65-68(51)59-33-15-17-41-63(59)72(65)47-26-8-3-9-27-47/h2*1-44H. The normalized spacial score (nSPS) is 12.4. The van der Waals surface area contributed by atoms with E-state index in [4.69, 9.17) is 0 Å². The van der Waals surface area contributed by atoms with Gasteiger partial charge in [0.1, 0.15) is 0 Å². The number of benzene rings is 26. The van der Waals surface area contributed by atoms with E-state index in [2.05, 4.69) is 534 Å². The molecule has 4 aromatic heterocycles. The minimum Gasteiger partial charge on any atom is -0.0772 e. The summed E-state index contributed by atoms with van der Waals surface area (Å²) in [5.74, 6) is 0. The van der Waals surface area contributed by atoms with Crippen LogP contribution in [0, 0.1) is 0 Å². The number of hydrogen-bond donors (Lipinski definition) is 0. The lowest BCUT2D eigenvalue weighted by Gasteiger charge is -2.22. The van der Waals surface area contributed by atoms with E-state index in [-0.39, 0.29) is 0 Å². The first-order valence-electron chi connectivity index (χ1n) is 49.9. The molecule has 144 heavy (non-hydrogen) atoms. The zero-order chi connectivity index (χ0) is 94.6. The highest BCUT2D eigenvalue weighted by atomic mass is 31.1. The Bertz CT molecular complexity index is 9970. The summed E-state index contributed by atoms with van der Waals surface area (Å²) in [6.07, 6.45) is 0. The number of hydrogen-bond acceptors (Lipinski definition) is 0. The molecule has 30 aromatic rings. The maximum Gasteiger partial charge on any atom is 0.0147 e. The summed E-state index contributed by atoms with van der Waals surface area (Å²) in [5, 5.41) is 47.9. The topological polar surface area (TPSA) is 0 Å². The number of rotatable bonds is 12. The molecule has 668 valence electrons. The minimum atomic E-state index is -0.824. The maximum atomic E-state index is 2.57. The second-order valence-electron chi connectivity index (χ2n) is 38.1. The van der Waals surface area contributed by atoms with Gasteiger partial charge >= 0.3 is 0 Å². The van der Waals surface area contributed by atoms with Crippen molar-refractivity contribution in [3.8, 4) is 110 Å². The van der Waals surface area contributed by atoms with Crippen LogP contribution in [-0.4, -0.2) is 0 Å². The molecular weight excluding hydrogens is 1810 g/mol. The van der Waals surface area contributed by atoms with Crippen LogP contribution in [0.2, 0.25) is 0 Å². The van der Waals surface area contributed by atoms with Gasteiger partial charge in [0, 0.05) is 51.7 Å². The molecule has 0 aliphatic rings. The van der Waals surface area contributed by atoms with Crippen LogP contribution in [0.3, 0.4) is 0 Å². The van der Waals surface area contributed by atoms with E-state index in [0.29, 0.717) is 0 Å². The second kappa shape index (κ2) is 34.5. The van der Waals surface area contributed by atoms with Gasteiger partial charge < -0.3 is 0 Å². The number of fused-ring (bicyclic) bond motifs is 20. The Kier molecular flexibility index (Phi) is 20.1. The average Bonchev–Trinajstić information content (AvgIpc) is 0.972. The Morgan fingerprint density at radius 1 is 0.104 bits per heavy atom. The molecule has 30 rings (SSSR count). The minimum absolute atomic E-state index is 0.733. The molecule has 0 fully saturated rings. The van der Waals surface area contributed by atoms with Crippen molar-refractivity contribution < 1.29 is 0 Å². The van der Waals surface area contributed by atoms with Crippen LogP contribution in [0.5, 0.6) is 0 Å². The lowest BCUT2D eigenvalue weighted by Crippen LogP contribution is -1.94. The van der Waals surface area contributed by atoms with Gasteiger partial charge in [-0.15, -0.1) is 0 Å². The van der Waals surface area contributed by atoms with Gasteiger partial charge in [-0.2, -0.15) is 0 Å². The van der Waals surface area contributed by atoms with E-state index in [1.165, 1.54) is 280 Å². The second-order valence-corrected chi connectivity index (χ2v) is 46.6. The molecule has 0 bridgehead atoms. The molecule has 0 amide bonds. The van der Waals surface area contributed by atoms with Crippen LogP contribution in [-0.2, 0) is 0 Å². The predicted molar refractivity (Wildman–Crippen MR) is 633 cm³/mol. The van der Waals surface area contributed by atoms with Crippen molar-refractivity contribution in [3.63, 3.8) is 0 Å². The Balaban J connectivity index is 0.000000137. The highest BCUT2D eigenvalue weighted by Gasteiger charge is 2.30. The van der Waals surface area contributed by atoms with Crippen molar-refractivity contribution in [1.29, 1.82) is 0 Å². The predicted octanol–water partition coefficient (Wildman–Crippen LogP) is 43.1. The summed E-state index contributed by atoms with van der Waals surface area (Å²) in [7, 11) is -3.12. The molecular formula is C140H88P4. The van der Waals surface area contributed by atoms with Crippen LogP contribution in [0.25, 0.3) is 280 Å². The van der Waals surface area contributed by atoms with Crippen molar-refractivity contribution in [1.82, 2.24) is 0 Å². The maximum absolute atomic E-state index is 2.57. The van der Waals surface area contributed by atoms with E-state index < -0.39 is 30.1 Å². The Labute approximate surface area is 837 Å². The van der Waals surface area contributed by atoms with Crippen molar-refractivity contribution >= 4 is 200 Å². The summed E-state index contributed by atoms with van der Waals surface area (Å²) >= 11 is 0. The highest BCUT2D eigenvalue weighted by molar-refractivity contribution is 7.69. The lowest BCUT2D eigenvalue weighted by atomic mass is 9.81. The van der Waals surface area contributed by atoms with Crippen LogP contribution < -0.4 is 0 Å². The first-order chi connectivity index (χ1) is 71.6. The van der Waals surface area contributed by atoms with E-state index >= 15 is 0 Å². The van der Waals surface area contributed by atoms with Gasteiger partial charge in [-0.1, -0.05) is 540 Å². The molecule has 0 aliphatic carbocycles. The Morgan fingerprint density at radius 2 is 0.292 bits per heavy atom. The SMILES string of the molecule is c1ccc(-c2c3ccccc3c(-c3c4cccc(-c5cccc6c5c5ccccc5p6-c5ccccc5)c4cc4c(-c5cccc6c5c5ccccc5p6-c5ccccc5)cccc34)c3ccccc23)cc1.c1ccc(-c2c3ccccc3c(-c3c4cccc(-c5cccc6c7ccccc7p(-c7ccccc7)c56)c4cc4c(-c5cccc6c7ccccc7p(-c7ccccc7)c56)cccc34)c3ccccc23)cc1. The molecule has 0 saturated heterocycles. The summed E-state index contributed by atoms with van der Waals surface area (Å²) in [4.78, 5) is 0. The summed E-state index contributed by atoms with van der Waals surface area (Å²) < 4.78 is 0. The van der Waals surface area contributed by atoms with Crippen molar-refractivity contribution in [2.24, 2.45) is 0 Å². The fraction of sp³-hybridized carbons (Fsp3) is 0. The molecule has 4 heterocycles. The molecule has 0 radical (unpaired) electrons. The van der Waals surface area contributed by atoms with Crippen LogP contribution >= 0.6 is 30.1 Å². The molecule has 0 spiro atoms. The first kappa shape index (κ1) is 83.9. The molecule has 0 saturated carbocycles. The van der Waals surface area contributed by atoms with Gasteiger partial charge in [-0.25, -0.2) is 0 Å². The van der Waals surface area contributed by atoms with E-state index in [9.17, 15) is 0 Å². The van der Waals surface area contributed by atoms with Crippen molar-refractivity contribution in [2.45, 2.75) is 0 Å². The van der Waals surface area contributed by atoms with Crippen LogP contribution in [0.1, 0.15) is 0 Å². The average molecular weight is 1890 g/mol. The molecule has 26 aromatic carbocycles. The Morgan fingerprint density at radius 3 is 0.590 bits per heavy atom. The van der Waals surface area contributed by atoms with E-state index in [1.807, 2.05) is 0 Å². The zero-order valence-corrected chi connectivity index (χ0v) is 82.2. The van der Waals surface area contributed by atoms with E-state index in [0.717, 1.165) is 0 Å². The third-order valence-electron chi connectivity index (χ3n) is 30.6. The fourth-order valence-electron chi connectivity index (χ4n) is 24.8. The largest absolute Gasteiger partial charge is 0.0772 e. The smallest absolute Gasteiger partial charge is 0.0147 e. The third kappa shape index (κ3) is 13.1. The third-order valence-corrected chi connectivity index (χ3v) is 40.9. The van der Waals surface area contributed by atoms with Gasteiger partial charge in [-0.3, -0.25) is 0 Å². The monoisotopic (exact) mass is 1890 g/mol. The van der Waals surface area contributed by atoms with Gasteiger partial charge in [0.2, 0.25) is 0 Å². The summed E-state index contributed by atoms with van der Waals surface area (Å²) in [6, 6.07) is 202. The fourth-order valence-corrected chi connectivity index (χ4v) is 35.7. The lowest BCUT2D eigenvalue weighted by molar-refractivity contribution is 1.66. The van der Waals surface area contributed by atoms with Crippen molar-refractivity contribution in [3.05, 3.63) is 534 Å². The highest BCUT2D eigenvalue weighted by Crippen LogP contribution is 2.65. The van der Waals surface area contributed by atoms with Gasteiger partial charge in [0.25, 0.3) is 0 Å². The molecule has 0 N–H and O–H groups in total. The first-order valence-corrected chi connectivity index (χ1v) is 55.2. The molecule has 4 unspecified atom stereocenters. The van der Waals surface area contributed by atoms with Gasteiger partial charge in [-0.05, 0) is 253 Å². The van der Waals surface area contributed by atoms with Crippen molar-refractivity contribution in [2.75, 3.05) is 0 Å². The molecule has 4 heteroatoms. The van der Waals surface area contributed by atoms with Gasteiger partial charge in [0.05, 0.1) is 0 Å². The quantitative estimate of drug-likeness (QED) is 0.107.